The van der Waals surface area contributed by atoms with Crippen LogP contribution in [-0.4, -0.2) is 41.0 Å². The highest BCUT2D eigenvalue weighted by Crippen LogP contribution is 2.31. The molecule has 0 bridgehead atoms. The van der Waals surface area contributed by atoms with Gasteiger partial charge < -0.3 is 20.9 Å². The fourth-order valence-electron chi connectivity index (χ4n) is 3.64. The van der Waals surface area contributed by atoms with Crippen molar-refractivity contribution in [2.24, 2.45) is 0 Å². The summed E-state index contributed by atoms with van der Waals surface area (Å²) >= 11 is 0. The standard InChI is InChI=1S/C22H24F3N5O2/c23-22(24,25)19-7-6-16(12-27-19)28-18-3-1-2-14-13-30(11-9-17(14)18)20(31)8-10-26-21(32)29-15-4-5-15/h1-3,6-7,12,15,28H,4-5,8-11,13H2,(H2,26,29,32). The van der Waals surface area contributed by atoms with Gasteiger partial charge in [-0.05, 0) is 48.6 Å². The summed E-state index contributed by atoms with van der Waals surface area (Å²) in [5.74, 6) is -0.0346. The van der Waals surface area contributed by atoms with Crippen molar-refractivity contribution in [1.82, 2.24) is 20.5 Å². The molecule has 0 spiro atoms. The number of aromatic nitrogens is 1. The zero-order valence-electron chi connectivity index (χ0n) is 17.3. The van der Waals surface area contributed by atoms with Crippen LogP contribution in [0.1, 0.15) is 36.1 Å². The number of urea groups is 1. The number of carbonyl (C=O) groups excluding carboxylic acids is 2. The number of anilines is 2. The number of amides is 3. The number of hydrogen-bond donors (Lipinski definition) is 3. The van der Waals surface area contributed by atoms with Gasteiger partial charge in [-0.2, -0.15) is 13.2 Å². The molecule has 1 aliphatic heterocycles. The molecule has 2 heterocycles. The predicted molar refractivity (Wildman–Crippen MR) is 112 cm³/mol. The van der Waals surface area contributed by atoms with Crippen LogP contribution in [0.15, 0.2) is 36.5 Å². The number of nitrogens with one attached hydrogen (secondary N) is 3. The van der Waals surface area contributed by atoms with Crippen LogP contribution in [0.4, 0.5) is 29.3 Å². The van der Waals surface area contributed by atoms with Crippen molar-refractivity contribution >= 4 is 23.3 Å². The summed E-state index contributed by atoms with van der Waals surface area (Å²) in [4.78, 5) is 29.4. The Kier molecular flexibility index (Phi) is 6.20. The van der Waals surface area contributed by atoms with E-state index in [4.69, 9.17) is 0 Å². The van der Waals surface area contributed by atoms with Crippen molar-refractivity contribution in [2.75, 3.05) is 18.4 Å². The van der Waals surface area contributed by atoms with E-state index >= 15 is 0 Å². The predicted octanol–water partition coefficient (Wildman–Crippen LogP) is 3.58. The highest BCUT2D eigenvalue weighted by Gasteiger charge is 2.32. The molecule has 1 aliphatic carbocycles. The maximum atomic E-state index is 12.7. The van der Waals surface area contributed by atoms with Crippen molar-refractivity contribution in [3.8, 4) is 0 Å². The number of pyridine rings is 1. The van der Waals surface area contributed by atoms with E-state index in [9.17, 15) is 22.8 Å². The minimum absolute atomic E-state index is 0.0346. The summed E-state index contributed by atoms with van der Waals surface area (Å²) in [6.07, 6.45) is -0.460. The lowest BCUT2D eigenvalue weighted by atomic mass is 9.97. The lowest BCUT2D eigenvalue weighted by Crippen LogP contribution is -2.41. The van der Waals surface area contributed by atoms with Gasteiger partial charge in [-0.25, -0.2) is 9.78 Å². The average molecular weight is 447 g/mol. The first-order chi connectivity index (χ1) is 15.3. The van der Waals surface area contributed by atoms with Gasteiger partial charge in [-0.3, -0.25) is 4.79 Å². The fraction of sp³-hybridized carbons (Fsp3) is 0.409. The van der Waals surface area contributed by atoms with E-state index in [-0.39, 0.29) is 30.9 Å². The molecule has 32 heavy (non-hydrogen) atoms. The molecule has 1 fully saturated rings. The molecular weight excluding hydrogens is 423 g/mol. The smallest absolute Gasteiger partial charge is 0.354 e. The Labute approximate surface area is 183 Å². The van der Waals surface area contributed by atoms with Crippen LogP contribution in [0.5, 0.6) is 0 Å². The molecule has 2 aliphatic rings. The van der Waals surface area contributed by atoms with Gasteiger partial charge in [0.15, 0.2) is 0 Å². The molecule has 2 aromatic rings. The number of hydrogen-bond acceptors (Lipinski definition) is 4. The molecule has 10 heteroatoms. The Balaban J connectivity index is 1.33. The van der Waals surface area contributed by atoms with E-state index in [0.29, 0.717) is 25.2 Å². The first kappa shape index (κ1) is 21.9. The maximum absolute atomic E-state index is 12.7. The van der Waals surface area contributed by atoms with Gasteiger partial charge in [0.25, 0.3) is 0 Å². The third kappa shape index (κ3) is 5.49. The van der Waals surface area contributed by atoms with Crippen molar-refractivity contribution in [3.05, 3.63) is 53.3 Å². The Hall–Kier alpha value is -3.30. The molecule has 0 saturated heterocycles. The normalized spacial score (nSPS) is 15.7. The van der Waals surface area contributed by atoms with Crippen LogP contribution in [0, 0.1) is 0 Å². The van der Waals surface area contributed by atoms with Crippen LogP contribution < -0.4 is 16.0 Å². The van der Waals surface area contributed by atoms with E-state index in [0.717, 1.165) is 41.9 Å². The number of benzene rings is 1. The molecule has 1 saturated carbocycles. The highest BCUT2D eigenvalue weighted by atomic mass is 19.4. The van der Waals surface area contributed by atoms with Gasteiger partial charge in [0.1, 0.15) is 5.69 Å². The minimum Gasteiger partial charge on any atom is -0.354 e. The van der Waals surface area contributed by atoms with Crippen molar-refractivity contribution in [1.29, 1.82) is 0 Å². The summed E-state index contributed by atoms with van der Waals surface area (Å²) in [5.41, 5.74) is 2.31. The summed E-state index contributed by atoms with van der Waals surface area (Å²) < 4.78 is 38.1. The van der Waals surface area contributed by atoms with Gasteiger partial charge in [0, 0.05) is 37.8 Å². The molecular formula is C22H24F3N5O2. The lowest BCUT2D eigenvalue weighted by molar-refractivity contribution is -0.141. The minimum atomic E-state index is -4.48. The van der Waals surface area contributed by atoms with Crippen LogP contribution in [-0.2, 0) is 23.9 Å². The van der Waals surface area contributed by atoms with Crippen LogP contribution >= 0.6 is 0 Å². The Bertz CT molecular complexity index is 990. The second-order valence-electron chi connectivity index (χ2n) is 7.99. The SMILES string of the molecule is O=C(NCCC(=O)N1CCc2c(cccc2Nc2ccc(C(F)(F)F)nc2)C1)NC1CC1. The zero-order valence-corrected chi connectivity index (χ0v) is 17.3. The largest absolute Gasteiger partial charge is 0.433 e. The van der Waals surface area contributed by atoms with Crippen LogP contribution in [0.3, 0.4) is 0 Å². The Morgan fingerprint density at radius 3 is 2.66 bits per heavy atom. The molecule has 1 aromatic carbocycles. The van der Waals surface area contributed by atoms with E-state index in [2.05, 4.69) is 20.9 Å². The number of halogens is 3. The first-order valence-electron chi connectivity index (χ1n) is 10.5. The van der Waals surface area contributed by atoms with Gasteiger partial charge in [0.2, 0.25) is 5.91 Å². The number of fused-ring (bicyclic) bond motifs is 1. The van der Waals surface area contributed by atoms with Gasteiger partial charge in [0.05, 0.1) is 11.9 Å². The third-order valence-corrected chi connectivity index (χ3v) is 5.49. The molecule has 3 N–H and O–H groups in total. The quantitative estimate of drug-likeness (QED) is 0.632. The maximum Gasteiger partial charge on any atom is 0.433 e. The molecule has 0 radical (unpaired) electrons. The number of alkyl halides is 3. The zero-order chi connectivity index (χ0) is 22.7. The molecule has 7 nitrogen and oxygen atoms in total. The highest BCUT2D eigenvalue weighted by molar-refractivity contribution is 5.79. The third-order valence-electron chi connectivity index (χ3n) is 5.49. The van der Waals surface area contributed by atoms with E-state index < -0.39 is 11.9 Å². The Morgan fingerprint density at radius 2 is 1.97 bits per heavy atom. The summed E-state index contributed by atoms with van der Waals surface area (Å²) in [6.45, 7) is 1.26. The number of nitrogens with zero attached hydrogens (tertiary/aromatic N) is 2. The van der Waals surface area contributed by atoms with Crippen LogP contribution in [0.2, 0.25) is 0 Å². The fourth-order valence-corrected chi connectivity index (χ4v) is 3.64. The number of carbonyl (C=O) groups is 2. The molecule has 1 aromatic heterocycles. The molecule has 170 valence electrons. The second-order valence-corrected chi connectivity index (χ2v) is 7.99. The van der Waals surface area contributed by atoms with E-state index in [1.165, 1.54) is 6.07 Å². The van der Waals surface area contributed by atoms with Gasteiger partial charge in [-0.15, -0.1) is 0 Å². The average Bonchev–Trinajstić information content (AvgIpc) is 3.57. The van der Waals surface area contributed by atoms with Crippen molar-refractivity contribution in [2.45, 2.75) is 44.4 Å². The molecule has 0 atom stereocenters. The van der Waals surface area contributed by atoms with Crippen LogP contribution in [0.25, 0.3) is 0 Å². The lowest BCUT2D eigenvalue weighted by Gasteiger charge is -2.30. The van der Waals surface area contributed by atoms with Crippen molar-refractivity contribution < 1.29 is 22.8 Å². The molecule has 4 rings (SSSR count). The Morgan fingerprint density at radius 1 is 1.16 bits per heavy atom. The molecule has 3 amide bonds. The summed E-state index contributed by atoms with van der Waals surface area (Å²) in [6, 6.07) is 7.96. The van der Waals surface area contributed by atoms with E-state index in [1.807, 2.05) is 18.2 Å². The summed E-state index contributed by atoms with van der Waals surface area (Å²) in [5, 5.41) is 8.66. The topological polar surface area (TPSA) is 86.4 Å². The summed E-state index contributed by atoms with van der Waals surface area (Å²) in [7, 11) is 0. The first-order valence-corrected chi connectivity index (χ1v) is 10.5. The molecule has 0 unspecified atom stereocenters. The monoisotopic (exact) mass is 447 g/mol. The second kappa shape index (κ2) is 9.05. The van der Waals surface area contributed by atoms with Crippen molar-refractivity contribution in [3.63, 3.8) is 0 Å². The van der Waals surface area contributed by atoms with Gasteiger partial charge >= 0.3 is 12.2 Å². The number of rotatable bonds is 6. The van der Waals surface area contributed by atoms with E-state index in [1.54, 1.807) is 4.90 Å². The van der Waals surface area contributed by atoms with Gasteiger partial charge in [-0.1, -0.05) is 12.1 Å².